The largest absolute Gasteiger partial charge is 0.310 e. The first-order valence-corrected chi connectivity index (χ1v) is 6.98. The van der Waals surface area contributed by atoms with Gasteiger partial charge in [0, 0.05) is 13.1 Å². The van der Waals surface area contributed by atoms with Crippen molar-refractivity contribution < 1.29 is 4.39 Å². The van der Waals surface area contributed by atoms with Crippen molar-refractivity contribution in [3.63, 3.8) is 0 Å². The molecule has 0 aliphatic rings. The summed E-state index contributed by atoms with van der Waals surface area (Å²) in [5.41, 5.74) is 0.946. The Labute approximate surface area is 116 Å². The fraction of sp³-hybridized carbons (Fsp3) is 0.385. The molecule has 1 atom stereocenters. The van der Waals surface area contributed by atoms with E-state index in [4.69, 9.17) is 0 Å². The fourth-order valence-corrected chi connectivity index (χ4v) is 2.54. The molecule has 4 nitrogen and oxygen atoms in total. The maximum Gasteiger partial charge on any atom is 0.190 e. The highest BCUT2D eigenvalue weighted by Gasteiger charge is 2.11. The Balaban J connectivity index is 2.18. The van der Waals surface area contributed by atoms with E-state index in [9.17, 15) is 4.39 Å². The molecule has 2 aromatic rings. The van der Waals surface area contributed by atoms with Crippen molar-refractivity contribution in [2.24, 2.45) is 7.05 Å². The van der Waals surface area contributed by atoms with Crippen LogP contribution in [0.1, 0.15) is 25.5 Å². The van der Waals surface area contributed by atoms with Gasteiger partial charge in [-0.1, -0.05) is 13.0 Å². The Morgan fingerprint density at radius 3 is 2.84 bits per heavy atom. The van der Waals surface area contributed by atoms with Crippen molar-refractivity contribution in [1.82, 2.24) is 20.1 Å². The molecule has 1 aromatic carbocycles. The molecule has 6 heteroatoms. The predicted molar refractivity (Wildman–Crippen MR) is 73.6 cm³/mol. The van der Waals surface area contributed by atoms with E-state index in [-0.39, 0.29) is 11.9 Å². The van der Waals surface area contributed by atoms with E-state index >= 15 is 0 Å². The van der Waals surface area contributed by atoms with Crippen LogP contribution in [-0.2, 0) is 7.05 Å². The van der Waals surface area contributed by atoms with Crippen molar-refractivity contribution >= 4 is 11.8 Å². The summed E-state index contributed by atoms with van der Waals surface area (Å²) < 4.78 is 15.7. The molecule has 1 N–H and O–H groups in total. The van der Waals surface area contributed by atoms with E-state index in [1.807, 2.05) is 19.9 Å². The Kier molecular flexibility index (Phi) is 4.55. The van der Waals surface area contributed by atoms with Crippen molar-refractivity contribution in [3.05, 3.63) is 35.9 Å². The molecule has 102 valence electrons. The quantitative estimate of drug-likeness (QED) is 0.914. The molecule has 1 aromatic heterocycles. The van der Waals surface area contributed by atoms with Gasteiger partial charge in [-0.2, -0.15) is 5.10 Å². The minimum absolute atomic E-state index is 0.147. The lowest BCUT2D eigenvalue weighted by Gasteiger charge is -2.13. The van der Waals surface area contributed by atoms with Gasteiger partial charge < -0.3 is 5.32 Å². The van der Waals surface area contributed by atoms with Crippen LogP contribution >= 0.6 is 11.8 Å². The molecule has 19 heavy (non-hydrogen) atoms. The third-order valence-corrected chi connectivity index (χ3v) is 3.94. The molecule has 0 amide bonds. The zero-order valence-corrected chi connectivity index (χ0v) is 12.0. The van der Waals surface area contributed by atoms with Gasteiger partial charge in [0.2, 0.25) is 0 Å². The lowest BCUT2D eigenvalue weighted by Crippen LogP contribution is -2.17. The third kappa shape index (κ3) is 3.33. The van der Waals surface area contributed by atoms with Crippen molar-refractivity contribution in [2.45, 2.75) is 29.9 Å². The summed E-state index contributed by atoms with van der Waals surface area (Å²) >= 11 is 1.28. The van der Waals surface area contributed by atoms with Gasteiger partial charge in [0.15, 0.2) is 5.16 Å². The number of nitrogens with one attached hydrogen (secondary N) is 1. The van der Waals surface area contributed by atoms with Gasteiger partial charge in [-0.25, -0.2) is 14.1 Å². The van der Waals surface area contributed by atoms with E-state index in [1.165, 1.54) is 18.1 Å². The number of hydrogen-bond acceptors (Lipinski definition) is 4. The van der Waals surface area contributed by atoms with Gasteiger partial charge in [0.25, 0.3) is 0 Å². The number of aryl methyl sites for hydroxylation is 1. The van der Waals surface area contributed by atoms with Crippen LogP contribution in [0, 0.1) is 5.82 Å². The highest BCUT2D eigenvalue weighted by Crippen LogP contribution is 2.29. The minimum Gasteiger partial charge on any atom is -0.310 e. The van der Waals surface area contributed by atoms with Crippen molar-refractivity contribution in [3.8, 4) is 0 Å². The number of halogens is 1. The Morgan fingerprint density at radius 2 is 2.26 bits per heavy atom. The normalized spacial score (nSPS) is 12.6. The van der Waals surface area contributed by atoms with Crippen LogP contribution in [0.2, 0.25) is 0 Å². The van der Waals surface area contributed by atoms with Crippen LogP contribution in [0.3, 0.4) is 0 Å². The van der Waals surface area contributed by atoms with Crippen LogP contribution in [0.15, 0.2) is 34.6 Å². The van der Waals surface area contributed by atoms with E-state index in [0.29, 0.717) is 10.1 Å². The highest BCUT2D eigenvalue weighted by atomic mass is 32.2. The highest BCUT2D eigenvalue weighted by molar-refractivity contribution is 7.99. The van der Waals surface area contributed by atoms with Gasteiger partial charge in [-0.05, 0) is 42.9 Å². The first-order valence-electron chi connectivity index (χ1n) is 6.16. The summed E-state index contributed by atoms with van der Waals surface area (Å²) in [5, 5.41) is 7.90. The SMILES string of the molecule is CCNC(C)c1ccc(Sc2ncnn2C)c(F)c1. The molecule has 0 radical (unpaired) electrons. The summed E-state index contributed by atoms with van der Waals surface area (Å²) in [6.45, 7) is 4.91. The van der Waals surface area contributed by atoms with Crippen LogP contribution in [0.4, 0.5) is 4.39 Å². The van der Waals surface area contributed by atoms with Crippen molar-refractivity contribution in [1.29, 1.82) is 0 Å². The van der Waals surface area contributed by atoms with Crippen LogP contribution in [0.25, 0.3) is 0 Å². The van der Waals surface area contributed by atoms with E-state index in [2.05, 4.69) is 15.4 Å². The molecule has 0 saturated heterocycles. The second-order valence-corrected chi connectivity index (χ2v) is 5.25. The maximum atomic E-state index is 14.1. The summed E-state index contributed by atoms with van der Waals surface area (Å²) in [6.07, 6.45) is 1.46. The lowest BCUT2D eigenvalue weighted by atomic mass is 10.1. The smallest absolute Gasteiger partial charge is 0.190 e. The second-order valence-electron chi connectivity index (χ2n) is 4.24. The van der Waals surface area contributed by atoms with E-state index in [0.717, 1.165) is 12.1 Å². The van der Waals surface area contributed by atoms with Gasteiger partial charge >= 0.3 is 0 Å². The summed E-state index contributed by atoms with van der Waals surface area (Å²) in [6, 6.07) is 5.45. The first kappa shape index (κ1) is 14.0. The van der Waals surface area contributed by atoms with Crippen LogP contribution in [-0.4, -0.2) is 21.3 Å². The average Bonchev–Trinajstić information content (AvgIpc) is 2.78. The molecule has 0 saturated carbocycles. The number of aromatic nitrogens is 3. The Bertz CT molecular complexity index is 555. The molecule has 2 rings (SSSR count). The average molecular weight is 280 g/mol. The molecule has 1 unspecified atom stereocenters. The van der Waals surface area contributed by atoms with Gasteiger partial charge in [-0.3, -0.25) is 0 Å². The molecule has 0 fully saturated rings. The van der Waals surface area contributed by atoms with Crippen LogP contribution < -0.4 is 5.32 Å². The maximum absolute atomic E-state index is 14.1. The number of benzene rings is 1. The van der Waals surface area contributed by atoms with Gasteiger partial charge in [0.05, 0.1) is 4.90 Å². The van der Waals surface area contributed by atoms with E-state index in [1.54, 1.807) is 23.9 Å². The second kappa shape index (κ2) is 6.16. The van der Waals surface area contributed by atoms with Gasteiger partial charge in [0.1, 0.15) is 12.1 Å². The Hall–Kier alpha value is -1.40. The first-order chi connectivity index (χ1) is 9.11. The summed E-state index contributed by atoms with van der Waals surface area (Å²) in [5.74, 6) is -0.227. The monoisotopic (exact) mass is 280 g/mol. The molecular formula is C13H17FN4S. The zero-order chi connectivity index (χ0) is 13.8. The lowest BCUT2D eigenvalue weighted by molar-refractivity contribution is 0.571. The van der Waals surface area contributed by atoms with E-state index < -0.39 is 0 Å². The standard InChI is InChI=1S/C13H17FN4S/c1-4-15-9(2)10-5-6-12(11(14)7-10)19-13-16-8-17-18(13)3/h5-9,15H,4H2,1-3H3. The molecule has 0 bridgehead atoms. The number of hydrogen-bond donors (Lipinski definition) is 1. The summed E-state index contributed by atoms with van der Waals surface area (Å²) in [4.78, 5) is 4.63. The molecule has 1 heterocycles. The van der Waals surface area contributed by atoms with Gasteiger partial charge in [-0.15, -0.1) is 0 Å². The fourth-order valence-electron chi connectivity index (χ4n) is 1.77. The Morgan fingerprint density at radius 1 is 1.47 bits per heavy atom. The molecule has 0 aliphatic carbocycles. The summed E-state index contributed by atoms with van der Waals surface area (Å²) in [7, 11) is 1.79. The molecular weight excluding hydrogens is 263 g/mol. The number of rotatable bonds is 5. The zero-order valence-electron chi connectivity index (χ0n) is 11.2. The topological polar surface area (TPSA) is 42.7 Å². The minimum atomic E-state index is -0.227. The van der Waals surface area contributed by atoms with Crippen LogP contribution in [0.5, 0.6) is 0 Å². The number of nitrogens with zero attached hydrogens (tertiary/aromatic N) is 3. The third-order valence-electron chi connectivity index (χ3n) is 2.84. The molecule has 0 spiro atoms. The predicted octanol–water partition coefficient (Wildman–Crippen LogP) is 2.78. The van der Waals surface area contributed by atoms with Crippen molar-refractivity contribution in [2.75, 3.05) is 6.54 Å². The molecule has 0 aliphatic heterocycles.